The van der Waals surface area contributed by atoms with Gasteiger partial charge in [-0.1, -0.05) is 53.2 Å². The second-order valence-corrected chi connectivity index (χ2v) is 10.8. The maximum absolute atomic E-state index is 13.4. The second kappa shape index (κ2) is 11.0. The summed E-state index contributed by atoms with van der Waals surface area (Å²) in [7, 11) is -7.83. The molecule has 0 radical (unpaired) electrons. The standard InChI is InChI=1S/C23H27N2O6PS/c1-4-29-32(26,30-5-2)16-15-25(33(27,28)22-13-11-19(3)12-14-22)18-21-17-23(24-31-21)20-9-7-6-8-10-20/h6-14,21H,4-5,17-18H2,1-3H3. The smallest absolute Gasteiger partial charge is 0.390 e. The highest BCUT2D eigenvalue weighted by molar-refractivity contribution is 7.89. The van der Waals surface area contributed by atoms with E-state index in [0.29, 0.717) is 6.42 Å². The summed E-state index contributed by atoms with van der Waals surface area (Å²) in [6.45, 7) is 5.28. The number of sulfonamides is 1. The minimum absolute atomic E-state index is 0.0623. The Balaban J connectivity index is 1.89. The van der Waals surface area contributed by atoms with Crippen LogP contribution in [0.4, 0.5) is 0 Å². The first-order chi connectivity index (χ1) is 15.8. The average molecular weight is 491 g/mol. The summed E-state index contributed by atoms with van der Waals surface area (Å²) in [5.41, 5.74) is 4.95. The van der Waals surface area contributed by atoms with Crippen molar-refractivity contribution in [2.45, 2.75) is 38.2 Å². The molecule has 0 N–H and O–H groups in total. The Bertz CT molecular complexity index is 1180. The summed E-state index contributed by atoms with van der Waals surface area (Å²) in [6, 6.07) is 18.4. The summed E-state index contributed by atoms with van der Waals surface area (Å²) in [6.07, 6.45) is -0.159. The minimum atomic E-state index is -4.04. The van der Waals surface area contributed by atoms with E-state index in [0.717, 1.165) is 21.1 Å². The molecule has 2 aromatic carbocycles. The molecule has 1 aliphatic heterocycles. The van der Waals surface area contributed by atoms with Crippen LogP contribution in [-0.2, 0) is 28.5 Å². The molecule has 0 aliphatic carbocycles. The first kappa shape index (κ1) is 25.0. The molecule has 0 spiro atoms. The van der Waals surface area contributed by atoms with Crippen molar-refractivity contribution in [3.05, 3.63) is 65.7 Å². The molecule has 1 atom stereocenters. The van der Waals surface area contributed by atoms with Crippen LogP contribution in [0.3, 0.4) is 0 Å². The van der Waals surface area contributed by atoms with E-state index < -0.39 is 23.7 Å². The van der Waals surface area contributed by atoms with Crippen LogP contribution in [0.5, 0.6) is 0 Å². The lowest BCUT2D eigenvalue weighted by Gasteiger charge is -2.21. The molecule has 0 bridgehead atoms. The predicted molar refractivity (Wildman–Crippen MR) is 126 cm³/mol. The lowest BCUT2D eigenvalue weighted by Crippen LogP contribution is -2.34. The van der Waals surface area contributed by atoms with E-state index in [1.807, 2.05) is 37.3 Å². The lowest BCUT2D eigenvalue weighted by atomic mass is 10.1. The van der Waals surface area contributed by atoms with Crippen LogP contribution < -0.4 is 0 Å². The highest BCUT2D eigenvalue weighted by Crippen LogP contribution is 2.46. The van der Waals surface area contributed by atoms with Gasteiger partial charge in [-0.15, -0.1) is 0 Å². The lowest BCUT2D eigenvalue weighted by molar-refractivity contribution is 0.0776. The zero-order valence-electron chi connectivity index (χ0n) is 18.8. The van der Waals surface area contributed by atoms with Gasteiger partial charge >= 0.3 is 7.60 Å². The van der Waals surface area contributed by atoms with Crippen LogP contribution in [0.15, 0.2) is 64.6 Å². The summed E-state index contributed by atoms with van der Waals surface area (Å²) in [5.74, 6) is 0. The number of nitrogens with zero attached hydrogens (tertiary/aromatic N) is 2. The molecule has 0 saturated carbocycles. The van der Waals surface area contributed by atoms with Crippen molar-refractivity contribution in [2.24, 2.45) is 5.16 Å². The first-order valence-corrected chi connectivity index (χ1v) is 13.5. The maximum Gasteiger partial charge on any atom is 0.407 e. The third-order valence-electron chi connectivity index (χ3n) is 4.73. The zero-order chi connectivity index (χ0) is 23.9. The number of aryl methyl sites for hydroxylation is 1. The van der Waals surface area contributed by atoms with Gasteiger partial charge in [0.25, 0.3) is 10.0 Å². The van der Waals surface area contributed by atoms with Crippen molar-refractivity contribution in [2.75, 3.05) is 19.8 Å². The van der Waals surface area contributed by atoms with E-state index in [4.69, 9.17) is 13.9 Å². The van der Waals surface area contributed by atoms with Gasteiger partial charge in [-0.25, -0.2) is 17.3 Å². The number of benzene rings is 2. The van der Waals surface area contributed by atoms with E-state index in [9.17, 15) is 13.0 Å². The third-order valence-corrected chi connectivity index (χ3v) is 7.99. The van der Waals surface area contributed by atoms with Gasteiger partial charge in [0.1, 0.15) is 0 Å². The molecular weight excluding hydrogens is 463 g/mol. The highest BCUT2D eigenvalue weighted by Gasteiger charge is 2.31. The van der Waals surface area contributed by atoms with Gasteiger partial charge in [0.05, 0.1) is 30.4 Å². The molecule has 176 valence electrons. The topological polar surface area (TPSA) is 94.5 Å². The van der Waals surface area contributed by atoms with Gasteiger partial charge in [-0.3, -0.25) is 9.05 Å². The first-order valence-electron chi connectivity index (χ1n) is 10.6. The fourth-order valence-electron chi connectivity index (χ4n) is 3.11. The largest absolute Gasteiger partial charge is 0.407 e. The number of rotatable bonds is 9. The van der Waals surface area contributed by atoms with Gasteiger partial charge in [-0.05, 0) is 38.5 Å². The van der Waals surface area contributed by atoms with Crippen molar-refractivity contribution in [3.63, 3.8) is 0 Å². The fraction of sp³-hybridized carbons (Fsp3) is 0.348. The van der Waals surface area contributed by atoms with Gasteiger partial charge in [-0.2, -0.15) is 0 Å². The maximum atomic E-state index is 13.4. The van der Waals surface area contributed by atoms with Crippen LogP contribution in [0, 0.1) is 18.6 Å². The fourth-order valence-corrected chi connectivity index (χ4v) is 5.57. The second-order valence-electron chi connectivity index (χ2n) is 7.24. The number of hydrogen-bond donors (Lipinski definition) is 0. The quantitative estimate of drug-likeness (QED) is 0.294. The van der Waals surface area contributed by atoms with Gasteiger partial charge < -0.3 is 4.84 Å². The van der Waals surface area contributed by atoms with E-state index in [1.54, 1.807) is 26.0 Å². The normalized spacial score (nSPS) is 15.8. The molecule has 0 amide bonds. The van der Waals surface area contributed by atoms with Crippen LogP contribution >= 0.6 is 7.60 Å². The summed E-state index contributed by atoms with van der Waals surface area (Å²) >= 11 is 0. The highest BCUT2D eigenvalue weighted by atomic mass is 32.2. The van der Waals surface area contributed by atoms with Gasteiger partial charge in [0.2, 0.25) is 0 Å². The summed E-state index contributed by atoms with van der Waals surface area (Å²) in [4.78, 5) is 5.57. The molecule has 10 heteroatoms. The van der Waals surface area contributed by atoms with E-state index in [2.05, 4.69) is 16.9 Å². The Kier molecular flexibility index (Phi) is 8.33. The zero-order valence-corrected chi connectivity index (χ0v) is 20.5. The molecule has 0 fully saturated rings. The SMILES string of the molecule is CCOP(=O)(C#CN(CC1CC(c2ccccc2)=NO1)S(=O)(=O)c1ccc(C)cc1)OCC. The Morgan fingerprint density at radius 1 is 1.09 bits per heavy atom. The van der Waals surface area contributed by atoms with Crippen LogP contribution in [0.2, 0.25) is 0 Å². The van der Waals surface area contributed by atoms with Crippen molar-refractivity contribution in [3.8, 4) is 11.7 Å². The van der Waals surface area contributed by atoms with Crippen molar-refractivity contribution >= 4 is 23.3 Å². The Labute approximate surface area is 195 Å². The molecule has 2 aromatic rings. The molecule has 0 saturated heterocycles. The molecule has 3 rings (SSSR count). The van der Waals surface area contributed by atoms with E-state index in [-0.39, 0.29) is 24.7 Å². The number of hydrogen-bond acceptors (Lipinski definition) is 7. The van der Waals surface area contributed by atoms with E-state index in [1.165, 1.54) is 12.1 Å². The predicted octanol–water partition coefficient (Wildman–Crippen LogP) is 4.36. The summed E-state index contributed by atoms with van der Waals surface area (Å²) in [5, 5.41) is 4.12. The van der Waals surface area contributed by atoms with Gasteiger partial charge in [0, 0.05) is 18.1 Å². The van der Waals surface area contributed by atoms with Crippen LogP contribution in [-0.4, -0.2) is 44.3 Å². The molecular formula is C23H27N2O6PS. The Morgan fingerprint density at radius 3 is 2.33 bits per heavy atom. The summed E-state index contributed by atoms with van der Waals surface area (Å²) < 4.78 is 50.9. The van der Waals surface area contributed by atoms with Crippen LogP contribution in [0.25, 0.3) is 0 Å². The molecule has 1 heterocycles. The van der Waals surface area contributed by atoms with Crippen LogP contribution in [0.1, 0.15) is 31.4 Å². The monoisotopic (exact) mass is 490 g/mol. The molecule has 8 nitrogen and oxygen atoms in total. The van der Waals surface area contributed by atoms with Crippen molar-refractivity contribution in [1.82, 2.24) is 4.31 Å². The Morgan fingerprint density at radius 2 is 1.73 bits per heavy atom. The molecule has 1 aliphatic rings. The molecule has 0 aromatic heterocycles. The molecule has 33 heavy (non-hydrogen) atoms. The minimum Gasteiger partial charge on any atom is -0.390 e. The molecule has 1 unspecified atom stereocenters. The Hall–Kier alpha value is -2.63. The van der Waals surface area contributed by atoms with Gasteiger partial charge in [0.15, 0.2) is 6.10 Å². The van der Waals surface area contributed by atoms with E-state index >= 15 is 0 Å². The number of oxime groups is 1. The van der Waals surface area contributed by atoms with Crippen molar-refractivity contribution < 1.29 is 26.9 Å². The average Bonchev–Trinajstić information content (AvgIpc) is 3.26. The third kappa shape index (κ3) is 6.46. The van der Waals surface area contributed by atoms with Crippen molar-refractivity contribution in [1.29, 1.82) is 0 Å².